The second kappa shape index (κ2) is 3.56. The fourth-order valence-corrected chi connectivity index (χ4v) is 3.08. The van der Waals surface area contributed by atoms with Gasteiger partial charge in [0.05, 0.1) is 0 Å². The van der Waals surface area contributed by atoms with Crippen LogP contribution in [0.5, 0.6) is 0 Å². The van der Waals surface area contributed by atoms with Crippen LogP contribution in [0.3, 0.4) is 0 Å². The second-order valence-corrected chi connectivity index (χ2v) is 5.76. The largest absolute Gasteiger partial charge is 0.330 e. The average molecular weight is 272 g/mol. The standard InChI is InChI=1S/C12H15BrFN/c1-12(2)10(6-15)11(12)7-3-8(13)5-9(14)4-7/h3-5,10-11H,6,15H2,1-2H3/t10-,11-/m0/s1. The van der Waals surface area contributed by atoms with Crippen LogP contribution in [0.15, 0.2) is 22.7 Å². The summed E-state index contributed by atoms with van der Waals surface area (Å²) in [5.41, 5.74) is 6.98. The Morgan fingerprint density at radius 2 is 2.07 bits per heavy atom. The maximum absolute atomic E-state index is 13.2. The number of hydrogen-bond donors (Lipinski definition) is 1. The molecule has 0 saturated heterocycles. The van der Waals surface area contributed by atoms with Crippen LogP contribution in [0.2, 0.25) is 0 Å². The Labute approximate surface area is 98.0 Å². The van der Waals surface area contributed by atoms with Crippen LogP contribution in [0.1, 0.15) is 25.3 Å². The molecule has 1 nitrogen and oxygen atoms in total. The van der Waals surface area contributed by atoms with Crippen LogP contribution < -0.4 is 5.73 Å². The van der Waals surface area contributed by atoms with Gasteiger partial charge < -0.3 is 5.73 Å². The minimum atomic E-state index is -0.183. The molecule has 2 atom stereocenters. The third kappa shape index (κ3) is 1.83. The molecule has 0 aliphatic heterocycles. The Kier molecular flexibility index (Phi) is 2.63. The summed E-state index contributed by atoms with van der Waals surface area (Å²) in [5.74, 6) is 0.693. The molecule has 1 aliphatic carbocycles. The summed E-state index contributed by atoms with van der Waals surface area (Å²) in [5, 5.41) is 0. The van der Waals surface area contributed by atoms with Gasteiger partial charge in [-0.1, -0.05) is 29.8 Å². The van der Waals surface area contributed by atoms with E-state index >= 15 is 0 Å². The van der Waals surface area contributed by atoms with Gasteiger partial charge in [-0.2, -0.15) is 0 Å². The monoisotopic (exact) mass is 271 g/mol. The van der Waals surface area contributed by atoms with Crippen molar-refractivity contribution in [1.29, 1.82) is 0 Å². The third-order valence-electron chi connectivity index (χ3n) is 3.55. The molecule has 1 aliphatic rings. The Morgan fingerprint density at radius 1 is 1.40 bits per heavy atom. The fourth-order valence-electron chi connectivity index (χ4n) is 2.60. The van der Waals surface area contributed by atoms with Crippen molar-refractivity contribution < 1.29 is 4.39 Å². The summed E-state index contributed by atoms with van der Waals surface area (Å²) in [7, 11) is 0. The zero-order valence-corrected chi connectivity index (χ0v) is 10.5. The van der Waals surface area contributed by atoms with Gasteiger partial charge in [-0.15, -0.1) is 0 Å². The van der Waals surface area contributed by atoms with E-state index in [0.29, 0.717) is 18.4 Å². The van der Waals surface area contributed by atoms with Crippen molar-refractivity contribution in [3.8, 4) is 0 Å². The molecule has 0 bridgehead atoms. The Balaban J connectivity index is 2.32. The van der Waals surface area contributed by atoms with E-state index in [2.05, 4.69) is 29.8 Å². The molecule has 2 N–H and O–H groups in total. The quantitative estimate of drug-likeness (QED) is 0.878. The predicted octanol–water partition coefficient (Wildman–Crippen LogP) is 3.29. The van der Waals surface area contributed by atoms with Crippen LogP contribution in [0.4, 0.5) is 4.39 Å². The summed E-state index contributed by atoms with van der Waals surface area (Å²) in [6, 6.07) is 5.09. The predicted molar refractivity (Wildman–Crippen MR) is 63.2 cm³/mol. The average Bonchev–Trinajstić information content (AvgIpc) is 2.66. The van der Waals surface area contributed by atoms with E-state index in [-0.39, 0.29) is 11.2 Å². The highest BCUT2D eigenvalue weighted by molar-refractivity contribution is 9.10. The van der Waals surface area contributed by atoms with Crippen molar-refractivity contribution in [3.63, 3.8) is 0 Å². The van der Waals surface area contributed by atoms with Crippen LogP contribution in [-0.2, 0) is 0 Å². The molecule has 0 radical (unpaired) electrons. The molecule has 1 fully saturated rings. The van der Waals surface area contributed by atoms with Crippen molar-refractivity contribution in [2.24, 2.45) is 17.1 Å². The topological polar surface area (TPSA) is 26.0 Å². The molecule has 15 heavy (non-hydrogen) atoms. The van der Waals surface area contributed by atoms with E-state index in [1.54, 1.807) is 6.07 Å². The minimum Gasteiger partial charge on any atom is -0.330 e. The van der Waals surface area contributed by atoms with Crippen molar-refractivity contribution >= 4 is 15.9 Å². The van der Waals surface area contributed by atoms with Crippen LogP contribution in [-0.4, -0.2) is 6.54 Å². The maximum Gasteiger partial charge on any atom is 0.124 e. The Morgan fingerprint density at radius 3 is 2.53 bits per heavy atom. The summed E-state index contributed by atoms with van der Waals surface area (Å²) in [6.07, 6.45) is 0. The van der Waals surface area contributed by atoms with Gasteiger partial charge >= 0.3 is 0 Å². The van der Waals surface area contributed by atoms with Crippen molar-refractivity contribution in [2.75, 3.05) is 6.54 Å². The molecule has 0 amide bonds. The van der Waals surface area contributed by atoms with Gasteiger partial charge in [0.25, 0.3) is 0 Å². The highest BCUT2D eigenvalue weighted by Gasteiger charge is 2.57. The molecule has 1 aromatic rings. The van der Waals surface area contributed by atoms with Gasteiger partial charge in [0.2, 0.25) is 0 Å². The highest BCUT2D eigenvalue weighted by atomic mass is 79.9. The summed E-state index contributed by atoms with van der Waals surface area (Å²) >= 11 is 3.32. The lowest BCUT2D eigenvalue weighted by Gasteiger charge is -2.04. The van der Waals surface area contributed by atoms with Gasteiger partial charge in [-0.05, 0) is 47.6 Å². The Hall–Kier alpha value is -0.410. The number of rotatable bonds is 2. The normalized spacial score (nSPS) is 27.8. The lowest BCUT2D eigenvalue weighted by atomic mass is 10.0. The third-order valence-corrected chi connectivity index (χ3v) is 4.01. The first-order valence-electron chi connectivity index (χ1n) is 5.13. The molecule has 1 aromatic carbocycles. The van der Waals surface area contributed by atoms with Gasteiger partial charge in [0, 0.05) is 4.47 Å². The van der Waals surface area contributed by atoms with Crippen molar-refractivity contribution in [1.82, 2.24) is 0 Å². The van der Waals surface area contributed by atoms with Gasteiger partial charge in [0.1, 0.15) is 5.82 Å². The summed E-state index contributed by atoms with van der Waals surface area (Å²) in [6.45, 7) is 5.05. The first kappa shape index (κ1) is 11.1. The molecule has 1 saturated carbocycles. The van der Waals surface area contributed by atoms with Crippen molar-refractivity contribution in [2.45, 2.75) is 19.8 Å². The number of halogens is 2. The molecule has 0 aromatic heterocycles. The molecular formula is C12H15BrFN. The zero-order chi connectivity index (χ0) is 11.2. The molecule has 3 heteroatoms. The molecular weight excluding hydrogens is 257 g/mol. The summed E-state index contributed by atoms with van der Waals surface area (Å²) in [4.78, 5) is 0. The van der Waals surface area contributed by atoms with Crippen LogP contribution in [0.25, 0.3) is 0 Å². The maximum atomic E-state index is 13.2. The van der Waals surface area contributed by atoms with E-state index in [1.807, 2.05) is 6.07 Å². The fraction of sp³-hybridized carbons (Fsp3) is 0.500. The number of benzene rings is 1. The molecule has 0 heterocycles. The number of hydrogen-bond acceptors (Lipinski definition) is 1. The van der Waals surface area contributed by atoms with Gasteiger partial charge in [-0.25, -0.2) is 4.39 Å². The van der Waals surface area contributed by atoms with E-state index < -0.39 is 0 Å². The minimum absolute atomic E-state index is 0.183. The lowest BCUT2D eigenvalue weighted by Crippen LogP contribution is -2.05. The smallest absolute Gasteiger partial charge is 0.124 e. The summed E-state index contributed by atoms with van der Waals surface area (Å²) < 4.78 is 14.0. The zero-order valence-electron chi connectivity index (χ0n) is 8.93. The van der Waals surface area contributed by atoms with Crippen LogP contribution >= 0.6 is 15.9 Å². The van der Waals surface area contributed by atoms with Gasteiger partial charge in [-0.3, -0.25) is 0 Å². The van der Waals surface area contributed by atoms with Crippen molar-refractivity contribution in [3.05, 3.63) is 34.1 Å². The first-order chi connectivity index (χ1) is 6.96. The highest BCUT2D eigenvalue weighted by Crippen LogP contribution is 2.63. The molecule has 0 unspecified atom stereocenters. The molecule has 82 valence electrons. The SMILES string of the molecule is CC1(C)[C@@H](CN)[C@@H]1c1cc(F)cc(Br)c1. The van der Waals surface area contributed by atoms with E-state index in [1.165, 1.54) is 6.07 Å². The Bertz CT molecular complexity index is 369. The van der Waals surface area contributed by atoms with E-state index in [4.69, 9.17) is 5.73 Å². The van der Waals surface area contributed by atoms with E-state index in [9.17, 15) is 4.39 Å². The molecule has 2 rings (SSSR count). The molecule has 0 spiro atoms. The number of nitrogens with two attached hydrogens (primary N) is 1. The van der Waals surface area contributed by atoms with Gasteiger partial charge in [0.15, 0.2) is 0 Å². The first-order valence-corrected chi connectivity index (χ1v) is 5.92. The van der Waals surface area contributed by atoms with E-state index in [0.717, 1.165) is 10.0 Å². The van der Waals surface area contributed by atoms with Crippen LogP contribution in [0, 0.1) is 17.2 Å². The lowest BCUT2D eigenvalue weighted by molar-refractivity contribution is 0.558. The second-order valence-electron chi connectivity index (χ2n) is 4.84.